The van der Waals surface area contributed by atoms with Crippen LogP contribution in [0.2, 0.25) is 0 Å². The van der Waals surface area contributed by atoms with Gasteiger partial charge in [0.2, 0.25) is 17.6 Å². The van der Waals surface area contributed by atoms with Gasteiger partial charge in [0, 0.05) is 26.4 Å². The van der Waals surface area contributed by atoms with Gasteiger partial charge in [0.25, 0.3) is 0 Å². The Morgan fingerprint density at radius 2 is 2.27 bits per heavy atom. The van der Waals surface area contributed by atoms with Crippen molar-refractivity contribution in [3.63, 3.8) is 0 Å². The Labute approximate surface area is 134 Å². The molecule has 0 aromatic carbocycles. The van der Waals surface area contributed by atoms with Crippen LogP contribution in [0.15, 0.2) is 22.0 Å². The lowest BCUT2D eigenvalue weighted by molar-refractivity contribution is -0.131. The molecule has 0 aliphatic heterocycles. The van der Waals surface area contributed by atoms with Crippen molar-refractivity contribution in [2.45, 2.75) is 26.7 Å². The SMILES string of the molecule is CN(CC(C)(C)CN)C(=O)CCc1nc(-c2cccs2)no1. The predicted octanol–water partition coefficient (Wildman–Crippen LogP) is 2.17. The maximum Gasteiger partial charge on any atom is 0.227 e. The first kappa shape index (κ1) is 16.6. The molecule has 120 valence electrons. The summed E-state index contributed by atoms with van der Waals surface area (Å²) < 4.78 is 5.20. The lowest BCUT2D eigenvalue weighted by Crippen LogP contribution is -2.39. The van der Waals surface area contributed by atoms with Crippen molar-refractivity contribution in [3.05, 3.63) is 23.4 Å². The average Bonchev–Trinajstić information content (AvgIpc) is 3.14. The second-order valence-corrected chi connectivity index (χ2v) is 7.05. The van der Waals surface area contributed by atoms with Gasteiger partial charge < -0.3 is 15.2 Å². The number of aryl methyl sites for hydroxylation is 1. The number of hydrogen-bond donors (Lipinski definition) is 1. The molecule has 0 saturated heterocycles. The predicted molar refractivity (Wildman–Crippen MR) is 86.4 cm³/mol. The normalized spacial score (nSPS) is 11.6. The molecular weight excluding hydrogens is 300 g/mol. The molecule has 2 N–H and O–H groups in total. The van der Waals surface area contributed by atoms with Crippen molar-refractivity contribution >= 4 is 17.2 Å². The van der Waals surface area contributed by atoms with E-state index in [2.05, 4.69) is 10.1 Å². The number of amides is 1. The molecule has 0 radical (unpaired) electrons. The Morgan fingerprint density at radius 3 is 2.91 bits per heavy atom. The van der Waals surface area contributed by atoms with Crippen LogP contribution in [0.1, 0.15) is 26.2 Å². The number of hydrogen-bond acceptors (Lipinski definition) is 6. The lowest BCUT2D eigenvalue weighted by Gasteiger charge is -2.29. The van der Waals surface area contributed by atoms with Gasteiger partial charge in [0.15, 0.2) is 0 Å². The van der Waals surface area contributed by atoms with Gasteiger partial charge in [0.05, 0.1) is 4.88 Å². The zero-order valence-electron chi connectivity index (χ0n) is 13.2. The highest BCUT2D eigenvalue weighted by Crippen LogP contribution is 2.21. The smallest absolute Gasteiger partial charge is 0.227 e. The van der Waals surface area contributed by atoms with Crippen LogP contribution in [0.5, 0.6) is 0 Å². The molecule has 2 aromatic heterocycles. The third-order valence-electron chi connectivity index (χ3n) is 3.41. The molecule has 7 heteroatoms. The molecule has 0 atom stereocenters. The molecule has 0 aliphatic carbocycles. The van der Waals surface area contributed by atoms with Gasteiger partial charge in [-0.05, 0) is 23.4 Å². The fourth-order valence-corrected chi connectivity index (χ4v) is 2.71. The van der Waals surface area contributed by atoms with Crippen LogP contribution >= 0.6 is 11.3 Å². The third kappa shape index (κ3) is 4.38. The summed E-state index contributed by atoms with van der Waals surface area (Å²) in [5, 5.41) is 5.90. The highest BCUT2D eigenvalue weighted by molar-refractivity contribution is 7.13. The van der Waals surface area contributed by atoms with Crippen molar-refractivity contribution in [2.24, 2.45) is 11.1 Å². The Kier molecular flexibility index (Phi) is 5.31. The van der Waals surface area contributed by atoms with Gasteiger partial charge in [-0.3, -0.25) is 4.79 Å². The lowest BCUT2D eigenvalue weighted by atomic mass is 9.93. The molecule has 2 rings (SSSR count). The van der Waals surface area contributed by atoms with E-state index >= 15 is 0 Å². The topological polar surface area (TPSA) is 85.2 Å². The van der Waals surface area contributed by atoms with Crippen molar-refractivity contribution in [1.82, 2.24) is 15.0 Å². The van der Waals surface area contributed by atoms with Crippen LogP contribution in [-0.4, -0.2) is 41.1 Å². The molecule has 0 saturated carbocycles. The first-order chi connectivity index (χ1) is 10.4. The summed E-state index contributed by atoms with van der Waals surface area (Å²) >= 11 is 1.56. The zero-order valence-corrected chi connectivity index (χ0v) is 14.0. The van der Waals surface area contributed by atoms with Crippen molar-refractivity contribution in [3.8, 4) is 10.7 Å². The quantitative estimate of drug-likeness (QED) is 0.844. The Hall–Kier alpha value is -1.73. The Balaban J connectivity index is 1.86. The number of rotatable bonds is 7. The number of carbonyl (C=O) groups is 1. The van der Waals surface area contributed by atoms with E-state index in [0.717, 1.165) is 4.88 Å². The minimum Gasteiger partial charge on any atom is -0.345 e. The second-order valence-electron chi connectivity index (χ2n) is 6.11. The maximum atomic E-state index is 12.1. The van der Waals surface area contributed by atoms with Gasteiger partial charge in [-0.15, -0.1) is 11.3 Å². The average molecular weight is 322 g/mol. The van der Waals surface area contributed by atoms with E-state index in [1.54, 1.807) is 23.3 Å². The van der Waals surface area contributed by atoms with Gasteiger partial charge in [-0.2, -0.15) is 4.98 Å². The monoisotopic (exact) mass is 322 g/mol. The van der Waals surface area contributed by atoms with Crippen LogP contribution in [0, 0.1) is 5.41 Å². The van der Waals surface area contributed by atoms with Crippen molar-refractivity contribution in [2.75, 3.05) is 20.1 Å². The molecule has 22 heavy (non-hydrogen) atoms. The maximum absolute atomic E-state index is 12.1. The van der Waals surface area contributed by atoms with E-state index in [9.17, 15) is 4.79 Å². The molecule has 0 spiro atoms. The van der Waals surface area contributed by atoms with Crippen LogP contribution in [0.25, 0.3) is 10.7 Å². The molecule has 0 bridgehead atoms. The van der Waals surface area contributed by atoms with Crippen molar-refractivity contribution in [1.29, 1.82) is 0 Å². The molecule has 2 heterocycles. The van der Waals surface area contributed by atoms with Crippen molar-refractivity contribution < 1.29 is 9.32 Å². The molecule has 0 aliphatic rings. The van der Waals surface area contributed by atoms with Gasteiger partial charge in [-0.25, -0.2) is 0 Å². The standard InChI is InChI=1S/C15H22N4O2S/c1-15(2,9-16)10-19(3)13(20)7-6-12-17-14(18-21-12)11-5-4-8-22-11/h4-5,8H,6-7,9-10,16H2,1-3H3. The van der Waals surface area contributed by atoms with E-state index in [-0.39, 0.29) is 11.3 Å². The van der Waals surface area contributed by atoms with Gasteiger partial charge in [0.1, 0.15) is 0 Å². The molecular formula is C15H22N4O2S. The first-order valence-electron chi connectivity index (χ1n) is 7.22. The number of carbonyl (C=O) groups excluding carboxylic acids is 1. The summed E-state index contributed by atoms with van der Waals surface area (Å²) in [4.78, 5) is 19.1. The Bertz CT molecular complexity index is 607. The molecule has 0 fully saturated rings. The first-order valence-corrected chi connectivity index (χ1v) is 8.10. The summed E-state index contributed by atoms with van der Waals surface area (Å²) in [6.07, 6.45) is 0.799. The fourth-order valence-electron chi connectivity index (χ4n) is 2.06. The summed E-state index contributed by atoms with van der Waals surface area (Å²) in [5.74, 6) is 1.12. The van der Waals surface area contributed by atoms with E-state index in [1.165, 1.54) is 0 Å². The third-order valence-corrected chi connectivity index (χ3v) is 4.27. The molecule has 2 aromatic rings. The second kappa shape index (κ2) is 7.02. The van der Waals surface area contributed by atoms with E-state index in [1.807, 2.05) is 31.4 Å². The Morgan fingerprint density at radius 1 is 1.50 bits per heavy atom. The van der Waals surface area contributed by atoms with E-state index in [4.69, 9.17) is 10.3 Å². The minimum atomic E-state index is -0.0821. The summed E-state index contributed by atoms with van der Waals surface area (Å²) in [5.41, 5.74) is 5.62. The minimum absolute atomic E-state index is 0.0531. The summed E-state index contributed by atoms with van der Waals surface area (Å²) in [6, 6.07) is 3.88. The van der Waals surface area contributed by atoms with E-state index < -0.39 is 0 Å². The van der Waals surface area contributed by atoms with E-state index in [0.29, 0.717) is 37.6 Å². The van der Waals surface area contributed by atoms with Gasteiger partial charge >= 0.3 is 0 Å². The van der Waals surface area contributed by atoms with Crippen LogP contribution in [-0.2, 0) is 11.2 Å². The molecule has 1 amide bonds. The van der Waals surface area contributed by atoms with Gasteiger partial charge in [-0.1, -0.05) is 25.1 Å². The van der Waals surface area contributed by atoms with Crippen LogP contribution in [0.3, 0.4) is 0 Å². The largest absolute Gasteiger partial charge is 0.345 e. The number of aromatic nitrogens is 2. The number of nitrogens with two attached hydrogens (primary N) is 1. The van der Waals surface area contributed by atoms with Crippen LogP contribution < -0.4 is 5.73 Å². The summed E-state index contributed by atoms with van der Waals surface area (Å²) in [6.45, 7) is 5.26. The highest BCUT2D eigenvalue weighted by Gasteiger charge is 2.21. The van der Waals surface area contributed by atoms with Crippen LogP contribution in [0.4, 0.5) is 0 Å². The zero-order chi connectivity index (χ0) is 16.2. The number of nitrogens with zero attached hydrogens (tertiary/aromatic N) is 3. The number of thiophene rings is 1. The highest BCUT2D eigenvalue weighted by atomic mass is 32.1. The molecule has 0 unspecified atom stereocenters. The summed E-state index contributed by atoms with van der Waals surface area (Å²) in [7, 11) is 1.80. The fraction of sp³-hybridized carbons (Fsp3) is 0.533. The molecule has 6 nitrogen and oxygen atoms in total.